The zero-order chi connectivity index (χ0) is 26.5. The van der Waals surface area contributed by atoms with Gasteiger partial charge >= 0.3 is 5.91 Å². The minimum Gasteiger partial charge on any atom is -0.507 e. The summed E-state index contributed by atoms with van der Waals surface area (Å²) in [5.41, 5.74) is 5.40. The topological polar surface area (TPSA) is 70.5 Å². The number of fused-ring (bicyclic) bond motifs is 1. The van der Waals surface area contributed by atoms with Crippen LogP contribution in [-0.4, -0.2) is 21.8 Å². The maximum absolute atomic E-state index is 13.5. The summed E-state index contributed by atoms with van der Waals surface area (Å²) in [6.07, 6.45) is 0.893. The van der Waals surface area contributed by atoms with Crippen molar-refractivity contribution < 1.29 is 14.7 Å². The number of ketones is 1. The molecule has 6 heteroatoms. The summed E-state index contributed by atoms with van der Waals surface area (Å²) in [7, 11) is 0. The van der Waals surface area contributed by atoms with E-state index in [2.05, 4.69) is 33.8 Å². The molecule has 1 fully saturated rings. The van der Waals surface area contributed by atoms with Gasteiger partial charge in [-0.25, -0.2) is 4.98 Å². The molecule has 1 aromatic heterocycles. The largest absolute Gasteiger partial charge is 0.507 e. The highest BCUT2D eigenvalue weighted by Gasteiger charge is 2.48. The van der Waals surface area contributed by atoms with Gasteiger partial charge in [0, 0.05) is 5.56 Å². The van der Waals surface area contributed by atoms with Crippen LogP contribution in [0.5, 0.6) is 0 Å². The fourth-order valence-electron chi connectivity index (χ4n) is 4.66. The van der Waals surface area contributed by atoms with Crippen molar-refractivity contribution in [2.75, 3.05) is 4.90 Å². The molecule has 1 amide bonds. The molecular formula is C31H30N2O3S. The van der Waals surface area contributed by atoms with E-state index in [4.69, 9.17) is 4.98 Å². The molecule has 2 heterocycles. The maximum atomic E-state index is 13.5. The van der Waals surface area contributed by atoms with Crippen LogP contribution < -0.4 is 4.90 Å². The molecule has 0 bridgehead atoms. The molecule has 1 atom stereocenters. The van der Waals surface area contributed by atoms with E-state index in [9.17, 15) is 14.7 Å². The number of benzene rings is 3. The van der Waals surface area contributed by atoms with Crippen LogP contribution in [0.3, 0.4) is 0 Å². The first-order chi connectivity index (χ1) is 17.6. The van der Waals surface area contributed by atoms with Crippen molar-refractivity contribution in [3.8, 4) is 0 Å². The number of aromatic nitrogens is 1. The fourth-order valence-corrected chi connectivity index (χ4v) is 5.71. The highest BCUT2D eigenvalue weighted by molar-refractivity contribution is 7.22. The van der Waals surface area contributed by atoms with Gasteiger partial charge in [0.15, 0.2) is 5.13 Å². The molecule has 1 aliphatic heterocycles. The Labute approximate surface area is 221 Å². The second kappa shape index (κ2) is 9.27. The van der Waals surface area contributed by atoms with E-state index in [1.54, 1.807) is 12.1 Å². The van der Waals surface area contributed by atoms with Crippen LogP contribution in [0.4, 0.5) is 5.13 Å². The quantitative estimate of drug-likeness (QED) is 0.181. The minimum absolute atomic E-state index is 0.0493. The van der Waals surface area contributed by atoms with Crippen LogP contribution in [0.1, 0.15) is 61.6 Å². The van der Waals surface area contributed by atoms with Crippen molar-refractivity contribution in [2.45, 2.75) is 52.5 Å². The molecule has 0 aliphatic carbocycles. The number of thiazole rings is 1. The van der Waals surface area contributed by atoms with Crippen molar-refractivity contribution in [2.24, 2.45) is 0 Å². The van der Waals surface area contributed by atoms with E-state index in [1.807, 2.05) is 55.5 Å². The van der Waals surface area contributed by atoms with Gasteiger partial charge in [0.1, 0.15) is 5.76 Å². The highest BCUT2D eigenvalue weighted by atomic mass is 32.1. The van der Waals surface area contributed by atoms with Crippen molar-refractivity contribution in [3.05, 3.63) is 100 Å². The first-order valence-corrected chi connectivity index (χ1v) is 13.3. The number of hydrogen-bond acceptors (Lipinski definition) is 5. The number of Topliss-reactive ketones (excluding diaryl/α,β-unsaturated/α-hetero) is 1. The Balaban J connectivity index is 1.70. The second-order valence-corrected chi connectivity index (χ2v) is 11.6. The summed E-state index contributed by atoms with van der Waals surface area (Å²) in [6.45, 7) is 10.5. The number of hydrogen-bond donors (Lipinski definition) is 1. The van der Waals surface area contributed by atoms with Gasteiger partial charge in [-0.3, -0.25) is 14.5 Å². The van der Waals surface area contributed by atoms with Crippen molar-refractivity contribution >= 4 is 44.1 Å². The zero-order valence-corrected chi connectivity index (χ0v) is 22.5. The maximum Gasteiger partial charge on any atom is 0.301 e. The third kappa shape index (κ3) is 4.46. The lowest BCUT2D eigenvalue weighted by Gasteiger charge is -2.24. The normalized spacial score (nSPS) is 17.6. The van der Waals surface area contributed by atoms with E-state index in [-0.39, 0.29) is 16.7 Å². The Bertz CT molecular complexity index is 1540. The van der Waals surface area contributed by atoms with Crippen molar-refractivity contribution in [3.63, 3.8) is 0 Å². The third-order valence-corrected chi connectivity index (χ3v) is 7.94. The molecule has 0 radical (unpaired) electrons. The summed E-state index contributed by atoms with van der Waals surface area (Å²) >= 11 is 1.38. The molecule has 0 spiro atoms. The van der Waals surface area contributed by atoms with Crippen LogP contribution in [-0.2, 0) is 21.4 Å². The van der Waals surface area contributed by atoms with Crippen LogP contribution in [0.2, 0.25) is 0 Å². The fraction of sp³-hybridized carbons (Fsp3) is 0.258. The Morgan fingerprint density at radius 3 is 2.30 bits per heavy atom. The number of anilines is 1. The number of carbonyl (C=O) groups is 2. The Morgan fingerprint density at radius 1 is 1.00 bits per heavy atom. The highest BCUT2D eigenvalue weighted by Crippen LogP contribution is 2.44. The molecule has 1 aliphatic rings. The average molecular weight is 511 g/mol. The number of aryl methyl sites for hydroxylation is 2. The molecule has 3 aromatic carbocycles. The van der Waals surface area contributed by atoms with Crippen molar-refractivity contribution in [1.29, 1.82) is 0 Å². The van der Waals surface area contributed by atoms with Gasteiger partial charge in [-0.05, 0) is 47.6 Å². The molecule has 5 nitrogen and oxygen atoms in total. The lowest BCUT2D eigenvalue weighted by Crippen LogP contribution is -2.29. The molecule has 1 unspecified atom stereocenters. The Hall–Kier alpha value is -3.77. The monoisotopic (exact) mass is 510 g/mol. The van der Waals surface area contributed by atoms with Crippen LogP contribution >= 0.6 is 11.3 Å². The number of nitrogens with zero attached hydrogens (tertiary/aromatic N) is 2. The predicted molar refractivity (Wildman–Crippen MR) is 150 cm³/mol. The number of amides is 1. The average Bonchev–Trinajstić information content (AvgIpc) is 3.41. The van der Waals surface area contributed by atoms with Gasteiger partial charge in [-0.2, -0.15) is 0 Å². The molecule has 5 rings (SSSR count). The van der Waals surface area contributed by atoms with Gasteiger partial charge in [0.2, 0.25) is 0 Å². The van der Waals surface area contributed by atoms with Crippen LogP contribution in [0, 0.1) is 6.92 Å². The van der Waals surface area contributed by atoms with E-state index < -0.39 is 17.7 Å². The SMILES string of the molecule is CCc1ccc2nc(N3C(=O)C(=O)C(=C(O)c4ccc(C)cc4)C3c3ccc(C(C)(C)C)cc3)sc2c1. The van der Waals surface area contributed by atoms with E-state index in [0.29, 0.717) is 10.7 Å². The van der Waals surface area contributed by atoms with Gasteiger partial charge < -0.3 is 5.11 Å². The third-order valence-electron chi connectivity index (χ3n) is 6.92. The van der Waals surface area contributed by atoms with Gasteiger partial charge in [-0.15, -0.1) is 0 Å². The summed E-state index contributed by atoms with van der Waals surface area (Å²) in [5, 5.41) is 11.8. The number of aliphatic hydroxyl groups excluding tert-OH is 1. The Morgan fingerprint density at radius 2 is 1.68 bits per heavy atom. The van der Waals surface area contributed by atoms with E-state index in [0.717, 1.165) is 33.3 Å². The molecule has 0 saturated carbocycles. The summed E-state index contributed by atoms with van der Waals surface area (Å²) in [6, 6.07) is 20.5. The van der Waals surface area contributed by atoms with E-state index >= 15 is 0 Å². The first-order valence-electron chi connectivity index (χ1n) is 12.5. The number of rotatable bonds is 4. The van der Waals surface area contributed by atoms with Gasteiger partial charge in [0.25, 0.3) is 5.78 Å². The summed E-state index contributed by atoms with van der Waals surface area (Å²) in [4.78, 5) is 33.2. The van der Waals surface area contributed by atoms with Crippen LogP contribution in [0.15, 0.2) is 72.3 Å². The number of aliphatic hydroxyl groups is 1. The molecule has 1 N–H and O–H groups in total. The van der Waals surface area contributed by atoms with Crippen LogP contribution in [0.25, 0.3) is 16.0 Å². The lowest BCUT2D eigenvalue weighted by molar-refractivity contribution is -0.132. The Kier molecular flexibility index (Phi) is 6.24. The summed E-state index contributed by atoms with van der Waals surface area (Å²) < 4.78 is 0.955. The van der Waals surface area contributed by atoms with Gasteiger partial charge in [-0.1, -0.05) is 99.2 Å². The smallest absolute Gasteiger partial charge is 0.301 e. The molecule has 37 heavy (non-hydrogen) atoms. The van der Waals surface area contributed by atoms with Crippen molar-refractivity contribution in [1.82, 2.24) is 4.98 Å². The van der Waals surface area contributed by atoms with Gasteiger partial charge in [0.05, 0.1) is 21.8 Å². The standard InChI is InChI=1S/C31H30N2O3S/c1-6-19-9-16-23-24(17-19)37-30(32-23)33-26(20-12-14-22(15-13-20)31(3,4)5)25(28(35)29(33)36)27(34)21-10-7-18(2)8-11-21/h7-17,26,34H,6H2,1-5H3. The minimum atomic E-state index is -0.790. The molecular weight excluding hydrogens is 480 g/mol. The summed E-state index contributed by atoms with van der Waals surface area (Å²) in [5.74, 6) is -1.58. The van der Waals surface area contributed by atoms with E-state index in [1.165, 1.54) is 21.8 Å². The lowest BCUT2D eigenvalue weighted by atomic mass is 9.85. The second-order valence-electron chi connectivity index (χ2n) is 10.6. The molecule has 1 saturated heterocycles. The zero-order valence-electron chi connectivity index (χ0n) is 21.7. The first kappa shape index (κ1) is 24.9. The predicted octanol–water partition coefficient (Wildman–Crippen LogP) is 7.09. The molecule has 4 aromatic rings. The number of carbonyl (C=O) groups excluding carboxylic acids is 2. The molecule has 188 valence electrons.